The van der Waals surface area contributed by atoms with E-state index >= 15 is 0 Å². The van der Waals surface area contributed by atoms with Crippen LogP contribution in [0.15, 0.2) is 49.3 Å². The van der Waals surface area contributed by atoms with Crippen molar-refractivity contribution in [2.75, 3.05) is 36.0 Å². The topological polar surface area (TPSA) is 174 Å². The minimum absolute atomic E-state index is 0.183. The Balaban J connectivity index is 0.000000157. The highest BCUT2D eigenvalue weighted by Gasteiger charge is 2.39. The molecule has 20 heteroatoms. The van der Waals surface area contributed by atoms with Crippen LogP contribution >= 0.6 is 23.2 Å². The van der Waals surface area contributed by atoms with Crippen LogP contribution < -0.4 is 15.1 Å². The standard InChI is InChI=1S/C23H27ClN6O2.C18H19ClN6.C2HF3O/c1-13-7-17-16(11-30(13)18-8-19(24)28-21-15(18)5-6-25-21)20(27-12-26-17)14-9-29(10-14)22(31)32-23(2,3)4;1-10-4-14-13(17(23-9-22-14)11-6-20-7-11)8-25(10)15-5-16(19)24-18-12(15)2-3-21-18;3-2(4,5)1-6/h5-6,8,12-14H,7,9-11H2,1-4H3,(H,25,28);2-3,5,9-11,20H,4,6-8H2,1H3,(H,21,24);1H/t13-;10-;/m11./s1. The van der Waals surface area contributed by atoms with E-state index < -0.39 is 18.1 Å². The SMILES string of the molecule is C[C@@H]1Cc2ncnc(C3CN(C(=O)OC(C)(C)C)C3)c2CN1c1cc(Cl)nc2[nH]ccc12.C[C@@H]1Cc2ncnc(C3CNC3)c2CN1c1cc(Cl)nc2[nH]ccc12.O=CC(F)(F)F. The van der Waals surface area contributed by atoms with Crippen LogP contribution in [0.5, 0.6) is 0 Å². The Morgan fingerprint density at radius 3 is 1.65 bits per heavy atom. The number of ether oxygens (including phenoxy) is 1. The Morgan fingerprint density at radius 2 is 1.24 bits per heavy atom. The molecule has 10 rings (SSSR count). The molecule has 63 heavy (non-hydrogen) atoms. The summed E-state index contributed by atoms with van der Waals surface area (Å²) in [5, 5.41) is 6.46. The second kappa shape index (κ2) is 17.5. The van der Waals surface area contributed by atoms with E-state index in [1.54, 1.807) is 17.6 Å². The number of aromatic nitrogens is 8. The van der Waals surface area contributed by atoms with Crippen LogP contribution in [-0.2, 0) is 35.5 Å². The third kappa shape index (κ3) is 9.53. The van der Waals surface area contributed by atoms with Gasteiger partial charge in [0.1, 0.15) is 39.9 Å². The Morgan fingerprint density at radius 1 is 0.778 bits per heavy atom. The summed E-state index contributed by atoms with van der Waals surface area (Å²) < 4.78 is 36.7. The van der Waals surface area contributed by atoms with Crippen molar-refractivity contribution >= 4 is 69.0 Å². The molecule has 0 aromatic carbocycles. The average Bonchev–Trinajstić information content (AvgIpc) is 3.85. The zero-order valence-electron chi connectivity index (χ0n) is 35.3. The van der Waals surface area contributed by atoms with Crippen LogP contribution in [0.4, 0.5) is 29.3 Å². The van der Waals surface area contributed by atoms with E-state index in [0.717, 1.165) is 82.9 Å². The lowest BCUT2D eigenvalue weighted by atomic mass is 9.88. The van der Waals surface area contributed by atoms with E-state index in [1.165, 1.54) is 17.0 Å². The zero-order chi connectivity index (χ0) is 44.8. The van der Waals surface area contributed by atoms with Crippen molar-refractivity contribution in [2.24, 2.45) is 0 Å². The van der Waals surface area contributed by atoms with Gasteiger partial charge in [-0.1, -0.05) is 23.2 Å². The first-order valence-electron chi connectivity index (χ1n) is 20.6. The predicted molar refractivity (Wildman–Crippen MR) is 233 cm³/mol. The molecule has 4 aliphatic heterocycles. The van der Waals surface area contributed by atoms with Gasteiger partial charge in [0.25, 0.3) is 0 Å². The molecule has 0 spiro atoms. The van der Waals surface area contributed by atoms with Crippen LogP contribution in [0.1, 0.15) is 80.4 Å². The number of hydrogen-bond donors (Lipinski definition) is 3. The van der Waals surface area contributed by atoms with Crippen LogP contribution in [0.3, 0.4) is 0 Å². The zero-order valence-corrected chi connectivity index (χ0v) is 36.8. The van der Waals surface area contributed by atoms with E-state index in [4.69, 9.17) is 32.7 Å². The van der Waals surface area contributed by atoms with Crippen molar-refractivity contribution in [3.05, 3.63) is 93.5 Å². The molecule has 2 saturated heterocycles. The van der Waals surface area contributed by atoms with Crippen LogP contribution in [-0.4, -0.2) is 107 Å². The second-order valence-electron chi connectivity index (χ2n) is 17.2. The molecule has 2 fully saturated rings. The van der Waals surface area contributed by atoms with Gasteiger partial charge in [-0.3, -0.25) is 4.79 Å². The molecule has 1 amide bonds. The van der Waals surface area contributed by atoms with Gasteiger partial charge >= 0.3 is 12.3 Å². The summed E-state index contributed by atoms with van der Waals surface area (Å²) in [6.45, 7) is 14.8. The van der Waals surface area contributed by atoms with E-state index in [0.29, 0.717) is 41.9 Å². The molecule has 6 aromatic heterocycles. The van der Waals surface area contributed by atoms with Gasteiger partial charge in [-0.25, -0.2) is 34.7 Å². The maximum absolute atomic E-state index is 12.4. The number of carbonyl (C=O) groups excluding carboxylic acids is 2. The second-order valence-corrected chi connectivity index (χ2v) is 18.0. The molecule has 10 heterocycles. The Hall–Kier alpha value is -5.59. The molecule has 6 aromatic rings. The van der Waals surface area contributed by atoms with Crippen molar-refractivity contribution in [1.82, 2.24) is 50.1 Å². The molecule has 0 radical (unpaired) electrons. The number of pyridine rings is 2. The fourth-order valence-corrected chi connectivity index (χ4v) is 8.85. The van der Waals surface area contributed by atoms with E-state index in [9.17, 15) is 18.0 Å². The number of aldehydes is 1. The summed E-state index contributed by atoms with van der Waals surface area (Å²) in [5.41, 5.74) is 10.2. The summed E-state index contributed by atoms with van der Waals surface area (Å²) in [7, 11) is 0. The number of nitrogens with zero attached hydrogens (tertiary/aromatic N) is 9. The lowest BCUT2D eigenvalue weighted by Gasteiger charge is -2.42. The summed E-state index contributed by atoms with van der Waals surface area (Å²) in [4.78, 5) is 61.1. The van der Waals surface area contributed by atoms with Gasteiger partial charge in [0.15, 0.2) is 0 Å². The van der Waals surface area contributed by atoms with Gasteiger partial charge in [-0.05, 0) is 58.9 Å². The number of alkyl halides is 3. The number of aromatic amines is 2. The number of halogens is 5. The van der Waals surface area contributed by atoms with Crippen molar-refractivity contribution in [2.45, 2.75) is 96.2 Å². The molecule has 0 saturated carbocycles. The van der Waals surface area contributed by atoms with Crippen LogP contribution in [0.25, 0.3) is 22.1 Å². The Kier molecular flexibility index (Phi) is 12.2. The number of nitrogens with one attached hydrogen (secondary N) is 3. The number of carbonyl (C=O) groups is 2. The van der Waals surface area contributed by atoms with Gasteiger partial charge < -0.3 is 34.7 Å². The molecular formula is C43H47Cl2F3N12O3. The first-order valence-corrected chi connectivity index (χ1v) is 21.4. The molecule has 2 atom stereocenters. The van der Waals surface area contributed by atoms with Crippen molar-refractivity contribution in [1.29, 1.82) is 0 Å². The molecule has 332 valence electrons. The van der Waals surface area contributed by atoms with Crippen LogP contribution in [0.2, 0.25) is 10.3 Å². The number of amides is 1. The molecule has 3 N–H and O–H groups in total. The highest BCUT2D eigenvalue weighted by Crippen LogP contribution is 2.39. The number of H-pyrrole nitrogens is 2. The number of anilines is 2. The largest absolute Gasteiger partial charge is 0.446 e. The third-order valence-electron chi connectivity index (χ3n) is 11.6. The maximum atomic E-state index is 12.4. The quantitative estimate of drug-likeness (QED) is 0.117. The molecule has 0 unspecified atom stereocenters. The van der Waals surface area contributed by atoms with Gasteiger partial charge in [0, 0.05) is 110 Å². The summed E-state index contributed by atoms with van der Waals surface area (Å²) >= 11 is 12.6. The number of hydrogen-bond acceptors (Lipinski definition) is 12. The highest BCUT2D eigenvalue weighted by atomic mass is 35.5. The highest BCUT2D eigenvalue weighted by molar-refractivity contribution is 6.30. The minimum Gasteiger partial charge on any atom is -0.444 e. The fourth-order valence-electron chi connectivity index (χ4n) is 8.47. The van der Waals surface area contributed by atoms with Crippen molar-refractivity contribution < 1.29 is 27.5 Å². The Bertz CT molecular complexity index is 2640. The number of likely N-dealkylation sites (tertiary alicyclic amines) is 1. The van der Waals surface area contributed by atoms with E-state index in [1.807, 2.05) is 51.4 Å². The Labute approximate surface area is 371 Å². The summed E-state index contributed by atoms with van der Waals surface area (Å²) in [6.07, 6.45) is 2.93. The predicted octanol–water partition coefficient (Wildman–Crippen LogP) is 7.68. The normalized spacial score (nSPS) is 18.9. The first-order chi connectivity index (χ1) is 30.0. The lowest BCUT2D eigenvalue weighted by molar-refractivity contribution is -0.156. The molecular weight excluding hydrogens is 860 g/mol. The maximum Gasteiger partial charge on any atom is 0.446 e. The third-order valence-corrected chi connectivity index (χ3v) is 12.0. The fraction of sp³-hybridized carbons (Fsp3) is 0.442. The molecule has 0 aliphatic carbocycles. The average molecular weight is 908 g/mol. The minimum atomic E-state index is -4.64. The van der Waals surface area contributed by atoms with Gasteiger partial charge in [-0.15, -0.1) is 0 Å². The first kappa shape index (κ1) is 44.0. The number of fused-ring (bicyclic) bond motifs is 4. The van der Waals surface area contributed by atoms with Crippen molar-refractivity contribution in [3.63, 3.8) is 0 Å². The lowest BCUT2D eigenvalue weighted by Crippen LogP contribution is -2.51. The molecule has 15 nitrogen and oxygen atoms in total. The van der Waals surface area contributed by atoms with Gasteiger partial charge in [-0.2, -0.15) is 13.2 Å². The number of rotatable bonds is 4. The summed E-state index contributed by atoms with van der Waals surface area (Å²) in [5.74, 6) is 0.683. The monoisotopic (exact) mass is 906 g/mol. The smallest absolute Gasteiger partial charge is 0.444 e. The van der Waals surface area contributed by atoms with Gasteiger partial charge in [0.2, 0.25) is 6.29 Å². The van der Waals surface area contributed by atoms with Crippen molar-refractivity contribution in [3.8, 4) is 0 Å². The molecule has 4 aliphatic rings. The van der Waals surface area contributed by atoms with Gasteiger partial charge in [0.05, 0.1) is 34.2 Å². The van der Waals surface area contributed by atoms with E-state index in [2.05, 4.69) is 74.9 Å². The van der Waals surface area contributed by atoms with Crippen LogP contribution in [0, 0.1) is 0 Å². The van der Waals surface area contributed by atoms with E-state index in [-0.39, 0.29) is 18.1 Å². The molecule has 0 bridgehead atoms. The summed E-state index contributed by atoms with van der Waals surface area (Å²) in [6, 6.07) is 8.58.